The molecule has 0 atom stereocenters. The van der Waals surface area contributed by atoms with Gasteiger partial charge in [-0.15, -0.1) is 0 Å². The van der Waals surface area contributed by atoms with Gasteiger partial charge in [-0.1, -0.05) is 15.9 Å². The Morgan fingerprint density at radius 1 is 1.29 bits per heavy atom. The molecule has 0 bridgehead atoms. The quantitative estimate of drug-likeness (QED) is 0.730. The van der Waals surface area contributed by atoms with Gasteiger partial charge in [0.1, 0.15) is 11.4 Å². The van der Waals surface area contributed by atoms with E-state index in [1.807, 2.05) is 42.6 Å². The van der Waals surface area contributed by atoms with Crippen molar-refractivity contribution in [1.82, 2.24) is 14.9 Å². The third-order valence-corrected chi connectivity index (χ3v) is 4.08. The van der Waals surface area contributed by atoms with Crippen LogP contribution in [-0.4, -0.2) is 22.6 Å². The van der Waals surface area contributed by atoms with E-state index in [4.69, 9.17) is 4.74 Å². The second-order valence-corrected chi connectivity index (χ2v) is 6.03. The maximum Gasteiger partial charge on any atom is 0.268 e. The van der Waals surface area contributed by atoms with Crippen molar-refractivity contribution in [3.63, 3.8) is 0 Å². The van der Waals surface area contributed by atoms with E-state index < -0.39 is 0 Å². The molecule has 122 valence electrons. The van der Waals surface area contributed by atoms with E-state index in [1.165, 1.54) is 0 Å². The first-order chi connectivity index (χ1) is 11.7. The lowest BCUT2D eigenvalue weighted by Gasteiger charge is -2.12. The summed E-state index contributed by atoms with van der Waals surface area (Å²) in [7, 11) is 1.61. The second kappa shape index (κ2) is 7.31. The van der Waals surface area contributed by atoms with Crippen molar-refractivity contribution >= 4 is 21.8 Å². The number of nitrogens with one attached hydrogen (secondary N) is 1. The first kappa shape index (κ1) is 16.3. The normalized spacial score (nSPS) is 10.4. The summed E-state index contributed by atoms with van der Waals surface area (Å²) in [5.41, 5.74) is 2.30. The number of methoxy groups -OCH3 is 1. The number of rotatable bonds is 5. The molecular formula is C18H16BrN3O2. The number of benzene rings is 1. The van der Waals surface area contributed by atoms with Gasteiger partial charge < -0.3 is 14.6 Å². The van der Waals surface area contributed by atoms with Crippen LogP contribution in [0.4, 0.5) is 0 Å². The zero-order chi connectivity index (χ0) is 16.9. The molecule has 0 radical (unpaired) electrons. The Morgan fingerprint density at radius 2 is 2.17 bits per heavy atom. The van der Waals surface area contributed by atoms with Gasteiger partial charge in [0.25, 0.3) is 5.91 Å². The van der Waals surface area contributed by atoms with Crippen LogP contribution in [0, 0.1) is 0 Å². The van der Waals surface area contributed by atoms with Crippen molar-refractivity contribution in [1.29, 1.82) is 0 Å². The van der Waals surface area contributed by atoms with E-state index in [1.54, 1.807) is 30.1 Å². The summed E-state index contributed by atoms with van der Waals surface area (Å²) in [6, 6.07) is 13.0. The number of aromatic nitrogens is 2. The molecule has 3 rings (SSSR count). The summed E-state index contributed by atoms with van der Waals surface area (Å²) in [6.45, 7) is 0.375. The van der Waals surface area contributed by atoms with Crippen molar-refractivity contribution in [2.24, 2.45) is 0 Å². The highest BCUT2D eigenvalue weighted by molar-refractivity contribution is 9.10. The van der Waals surface area contributed by atoms with Gasteiger partial charge in [0.15, 0.2) is 0 Å². The first-order valence-corrected chi connectivity index (χ1v) is 8.16. The van der Waals surface area contributed by atoms with E-state index in [-0.39, 0.29) is 5.91 Å². The van der Waals surface area contributed by atoms with E-state index >= 15 is 0 Å². The zero-order valence-corrected chi connectivity index (χ0v) is 14.7. The summed E-state index contributed by atoms with van der Waals surface area (Å²) in [5.74, 6) is 0.576. The van der Waals surface area contributed by atoms with Crippen LogP contribution in [0.5, 0.6) is 5.75 Å². The van der Waals surface area contributed by atoms with Crippen LogP contribution in [0.2, 0.25) is 0 Å². The van der Waals surface area contributed by atoms with Crippen LogP contribution < -0.4 is 10.1 Å². The minimum absolute atomic E-state index is 0.161. The van der Waals surface area contributed by atoms with Gasteiger partial charge in [0.05, 0.1) is 19.0 Å². The van der Waals surface area contributed by atoms with Gasteiger partial charge in [0, 0.05) is 29.0 Å². The second-order valence-electron chi connectivity index (χ2n) is 5.11. The number of amides is 1. The summed E-state index contributed by atoms with van der Waals surface area (Å²) in [4.78, 5) is 16.6. The van der Waals surface area contributed by atoms with Crippen LogP contribution >= 0.6 is 15.9 Å². The summed E-state index contributed by atoms with van der Waals surface area (Å²) in [6.07, 6.45) is 5.26. The molecule has 5 nitrogen and oxygen atoms in total. The van der Waals surface area contributed by atoms with Crippen molar-refractivity contribution in [2.45, 2.75) is 6.54 Å². The molecule has 0 aliphatic heterocycles. The van der Waals surface area contributed by atoms with E-state index in [0.29, 0.717) is 12.2 Å². The van der Waals surface area contributed by atoms with Crippen LogP contribution in [0.1, 0.15) is 16.1 Å². The molecule has 1 amide bonds. The number of halogens is 1. The Hall–Kier alpha value is -2.60. The molecule has 1 aromatic carbocycles. The molecule has 24 heavy (non-hydrogen) atoms. The molecule has 0 saturated carbocycles. The number of nitrogens with zero attached hydrogens (tertiary/aromatic N) is 2. The smallest absolute Gasteiger partial charge is 0.268 e. The lowest BCUT2D eigenvalue weighted by molar-refractivity contribution is 0.0944. The summed E-state index contributed by atoms with van der Waals surface area (Å²) >= 11 is 3.43. The third-order valence-electron chi connectivity index (χ3n) is 3.59. The monoisotopic (exact) mass is 385 g/mol. The van der Waals surface area contributed by atoms with Crippen LogP contribution in [0.25, 0.3) is 5.69 Å². The fraction of sp³-hybridized carbons (Fsp3) is 0.111. The Labute approximate surface area is 148 Å². The van der Waals surface area contributed by atoms with E-state index in [2.05, 4.69) is 26.2 Å². The fourth-order valence-electron chi connectivity index (χ4n) is 2.44. The Bertz CT molecular complexity index is 846. The van der Waals surface area contributed by atoms with Gasteiger partial charge in [0.2, 0.25) is 0 Å². The molecule has 0 aliphatic rings. The van der Waals surface area contributed by atoms with Crippen molar-refractivity contribution in [3.8, 4) is 11.4 Å². The van der Waals surface area contributed by atoms with E-state index in [9.17, 15) is 4.79 Å². The lowest BCUT2D eigenvalue weighted by Crippen LogP contribution is -2.25. The SMILES string of the molecule is COc1ccc(Br)cc1CNC(=O)c1cccn1-c1cccnc1. The predicted molar refractivity (Wildman–Crippen MR) is 95.4 cm³/mol. The maximum absolute atomic E-state index is 12.6. The molecule has 2 aromatic heterocycles. The number of hydrogen-bond donors (Lipinski definition) is 1. The van der Waals surface area contributed by atoms with Crippen LogP contribution in [0.3, 0.4) is 0 Å². The molecule has 0 fully saturated rings. The minimum atomic E-state index is -0.161. The van der Waals surface area contributed by atoms with Gasteiger partial charge in [-0.25, -0.2) is 0 Å². The highest BCUT2D eigenvalue weighted by atomic mass is 79.9. The molecule has 2 heterocycles. The Morgan fingerprint density at radius 3 is 2.92 bits per heavy atom. The highest BCUT2D eigenvalue weighted by Gasteiger charge is 2.13. The van der Waals surface area contributed by atoms with Crippen LogP contribution in [-0.2, 0) is 6.54 Å². The number of carbonyl (C=O) groups is 1. The lowest BCUT2D eigenvalue weighted by atomic mass is 10.2. The average Bonchev–Trinajstić information content (AvgIpc) is 3.10. The van der Waals surface area contributed by atoms with E-state index in [0.717, 1.165) is 21.5 Å². The number of ether oxygens (including phenoxy) is 1. The Kier molecular flexibility index (Phi) is 4.96. The zero-order valence-electron chi connectivity index (χ0n) is 13.1. The number of pyridine rings is 1. The van der Waals surface area contributed by atoms with Crippen molar-refractivity contribution < 1.29 is 9.53 Å². The molecule has 6 heteroatoms. The van der Waals surface area contributed by atoms with Gasteiger partial charge in [-0.2, -0.15) is 0 Å². The maximum atomic E-state index is 12.6. The summed E-state index contributed by atoms with van der Waals surface area (Å²) < 4.78 is 8.07. The molecule has 0 saturated heterocycles. The highest BCUT2D eigenvalue weighted by Crippen LogP contribution is 2.23. The standard InChI is InChI=1S/C18H16BrN3O2/c1-24-17-7-6-14(19)10-13(17)11-21-18(23)16-5-3-9-22(16)15-4-2-8-20-12-15/h2-10,12H,11H2,1H3,(H,21,23). The Balaban J connectivity index is 1.78. The van der Waals surface area contributed by atoms with Gasteiger partial charge in [-0.3, -0.25) is 9.78 Å². The predicted octanol–water partition coefficient (Wildman–Crippen LogP) is 3.57. The molecular weight excluding hydrogens is 370 g/mol. The largest absolute Gasteiger partial charge is 0.496 e. The minimum Gasteiger partial charge on any atom is -0.496 e. The average molecular weight is 386 g/mol. The third kappa shape index (κ3) is 3.49. The summed E-state index contributed by atoms with van der Waals surface area (Å²) in [5, 5.41) is 2.93. The number of carbonyl (C=O) groups excluding carboxylic acids is 1. The van der Waals surface area contributed by atoms with Gasteiger partial charge >= 0.3 is 0 Å². The van der Waals surface area contributed by atoms with Crippen molar-refractivity contribution in [3.05, 3.63) is 76.8 Å². The van der Waals surface area contributed by atoms with Crippen molar-refractivity contribution in [2.75, 3.05) is 7.11 Å². The molecule has 0 spiro atoms. The van der Waals surface area contributed by atoms with Gasteiger partial charge in [-0.05, 0) is 42.5 Å². The first-order valence-electron chi connectivity index (χ1n) is 7.37. The molecule has 3 aromatic rings. The topological polar surface area (TPSA) is 56.1 Å². The fourth-order valence-corrected chi connectivity index (χ4v) is 2.85. The molecule has 0 aliphatic carbocycles. The number of hydrogen-bond acceptors (Lipinski definition) is 3. The van der Waals surface area contributed by atoms with Crippen LogP contribution in [0.15, 0.2) is 65.5 Å². The molecule has 0 unspecified atom stereocenters. The molecule has 1 N–H and O–H groups in total.